The molecule has 0 aliphatic carbocycles. The third kappa shape index (κ3) is 3.99. The highest BCUT2D eigenvalue weighted by Gasteiger charge is 2.22. The van der Waals surface area contributed by atoms with Crippen molar-refractivity contribution < 1.29 is 13.2 Å². The Balaban J connectivity index is 2.91. The number of hydrogen-bond acceptors (Lipinski definition) is 3. The standard InChI is InChI=1S/C13H19BrO3S/c1-10(2)11(8-14)9-18(15,16)13-6-4-12(17-3)5-7-13/h4-7,10-11H,8-9H2,1-3H3. The van der Waals surface area contributed by atoms with Crippen molar-refractivity contribution in [3.8, 4) is 5.75 Å². The molecule has 1 unspecified atom stereocenters. The van der Waals surface area contributed by atoms with E-state index in [9.17, 15) is 8.42 Å². The van der Waals surface area contributed by atoms with Crippen molar-refractivity contribution in [2.75, 3.05) is 18.2 Å². The highest BCUT2D eigenvalue weighted by atomic mass is 79.9. The van der Waals surface area contributed by atoms with Crippen molar-refractivity contribution in [2.24, 2.45) is 11.8 Å². The molecule has 5 heteroatoms. The van der Waals surface area contributed by atoms with Crippen LogP contribution >= 0.6 is 15.9 Å². The average molecular weight is 335 g/mol. The van der Waals surface area contributed by atoms with Gasteiger partial charge in [-0.2, -0.15) is 0 Å². The van der Waals surface area contributed by atoms with Gasteiger partial charge in [0.05, 0.1) is 17.8 Å². The van der Waals surface area contributed by atoms with Crippen LogP contribution in [0, 0.1) is 11.8 Å². The Morgan fingerprint density at radius 1 is 1.22 bits per heavy atom. The third-order valence-corrected chi connectivity index (χ3v) is 5.68. The van der Waals surface area contributed by atoms with Gasteiger partial charge in [0, 0.05) is 5.33 Å². The van der Waals surface area contributed by atoms with Gasteiger partial charge >= 0.3 is 0 Å². The zero-order valence-corrected chi connectivity index (χ0v) is 13.3. The predicted octanol–water partition coefficient (Wildman–Crippen LogP) is 3.14. The molecule has 3 nitrogen and oxygen atoms in total. The van der Waals surface area contributed by atoms with Crippen LogP contribution in [0.2, 0.25) is 0 Å². The van der Waals surface area contributed by atoms with Crippen molar-refractivity contribution in [1.29, 1.82) is 0 Å². The van der Waals surface area contributed by atoms with Gasteiger partial charge in [-0.15, -0.1) is 0 Å². The van der Waals surface area contributed by atoms with Gasteiger partial charge in [0.2, 0.25) is 0 Å². The molecule has 1 atom stereocenters. The van der Waals surface area contributed by atoms with Crippen LogP contribution < -0.4 is 4.74 Å². The highest BCUT2D eigenvalue weighted by molar-refractivity contribution is 9.09. The van der Waals surface area contributed by atoms with E-state index in [1.54, 1.807) is 31.4 Å². The van der Waals surface area contributed by atoms with Crippen molar-refractivity contribution in [2.45, 2.75) is 18.7 Å². The Morgan fingerprint density at radius 3 is 2.17 bits per heavy atom. The summed E-state index contributed by atoms with van der Waals surface area (Å²) in [5.41, 5.74) is 0. The van der Waals surface area contributed by atoms with Crippen LogP contribution in [-0.2, 0) is 9.84 Å². The first kappa shape index (κ1) is 15.5. The molecule has 102 valence electrons. The number of sulfone groups is 1. The van der Waals surface area contributed by atoms with Crippen LogP contribution in [0.25, 0.3) is 0 Å². The van der Waals surface area contributed by atoms with Crippen molar-refractivity contribution in [3.63, 3.8) is 0 Å². The van der Waals surface area contributed by atoms with Crippen molar-refractivity contribution in [1.82, 2.24) is 0 Å². The molecule has 1 aromatic carbocycles. The zero-order chi connectivity index (χ0) is 13.8. The molecule has 0 radical (unpaired) electrons. The van der Waals surface area contributed by atoms with Crippen LogP contribution in [0.4, 0.5) is 0 Å². The van der Waals surface area contributed by atoms with E-state index in [4.69, 9.17) is 4.74 Å². The summed E-state index contributed by atoms with van der Waals surface area (Å²) in [6.07, 6.45) is 0. The second-order valence-electron chi connectivity index (χ2n) is 4.62. The second kappa shape index (κ2) is 6.57. The second-order valence-corrected chi connectivity index (χ2v) is 7.30. The molecule has 0 N–H and O–H groups in total. The molecule has 0 saturated carbocycles. The Morgan fingerprint density at radius 2 is 1.78 bits per heavy atom. The molecule has 0 aliphatic rings. The Bertz CT molecular complexity index is 466. The third-order valence-electron chi connectivity index (χ3n) is 2.99. The Kier molecular flexibility index (Phi) is 5.66. The maximum absolute atomic E-state index is 12.2. The van der Waals surface area contributed by atoms with E-state index in [0.717, 1.165) is 0 Å². The number of benzene rings is 1. The molecular formula is C13H19BrO3S. The molecular weight excluding hydrogens is 316 g/mol. The van der Waals surface area contributed by atoms with E-state index in [1.807, 2.05) is 13.8 Å². The number of alkyl halides is 1. The number of halogens is 1. The van der Waals surface area contributed by atoms with Gasteiger partial charge in [0.15, 0.2) is 9.84 Å². The molecule has 18 heavy (non-hydrogen) atoms. The summed E-state index contributed by atoms with van der Waals surface area (Å²) in [5, 5.41) is 0.694. The molecule has 0 saturated heterocycles. The summed E-state index contributed by atoms with van der Waals surface area (Å²) >= 11 is 3.38. The lowest BCUT2D eigenvalue weighted by atomic mass is 10.0. The molecule has 1 aromatic rings. The maximum atomic E-state index is 12.2. The lowest BCUT2D eigenvalue weighted by molar-refractivity contribution is 0.414. The summed E-state index contributed by atoms with van der Waals surface area (Å²) in [4.78, 5) is 0.356. The topological polar surface area (TPSA) is 43.4 Å². The van der Waals surface area contributed by atoms with Gasteiger partial charge in [-0.05, 0) is 36.1 Å². The van der Waals surface area contributed by atoms with Gasteiger partial charge in [-0.25, -0.2) is 8.42 Å². The van der Waals surface area contributed by atoms with E-state index < -0.39 is 9.84 Å². The lowest BCUT2D eigenvalue weighted by Crippen LogP contribution is -2.22. The number of methoxy groups -OCH3 is 1. The van der Waals surface area contributed by atoms with Crippen LogP contribution in [0.3, 0.4) is 0 Å². The monoisotopic (exact) mass is 334 g/mol. The fourth-order valence-corrected chi connectivity index (χ4v) is 4.67. The summed E-state index contributed by atoms with van der Waals surface area (Å²) < 4.78 is 29.5. The number of ether oxygens (including phenoxy) is 1. The fourth-order valence-electron chi connectivity index (χ4n) is 1.58. The van der Waals surface area contributed by atoms with E-state index in [-0.39, 0.29) is 11.7 Å². The minimum absolute atomic E-state index is 0.122. The largest absolute Gasteiger partial charge is 0.497 e. The summed E-state index contributed by atoms with van der Waals surface area (Å²) in [6.45, 7) is 4.07. The molecule has 0 aliphatic heterocycles. The summed E-state index contributed by atoms with van der Waals surface area (Å²) in [7, 11) is -1.67. The van der Waals surface area contributed by atoms with E-state index in [0.29, 0.717) is 21.9 Å². The molecule has 1 rings (SSSR count). The minimum atomic E-state index is -3.23. The maximum Gasteiger partial charge on any atom is 0.178 e. The van der Waals surface area contributed by atoms with E-state index in [2.05, 4.69) is 15.9 Å². The number of hydrogen-bond donors (Lipinski definition) is 0. The molecule has 0 heterocycles. The Hall–Kier alpha value is -0.550. The lowest BCUT2D eigenvalue weighted by Gasteiger charge is -2.18. The van der Waals surface area contributed by atoms with Gasteiger partial charge in [0.25, 0.3) is 0 Å². The smallest absolute Gasteiger partial charge is 0.178 e. The van der Waals surface area contributed by atoms with Crippen molar-refractivity contribution >= 4 is 25.8 Å². The normalized spacial score (nSPS) is 13.6. The van der Waals surface area contributed by atoms with Crippen LogP contribution in [0.5, 0.6) is 5.75 Å². The fraction of sp³-hybridized carbons (Fsp3) is 0.538. The molecule has 0 fully saturated rings. The summed E-state index contributed by atoms with van der Waals surface area (Å²) in [5.74, 6) is 1.28. The average Bonchev–Trinajstić information content (AvgIpc) is 2.35. The molecule has 0 spiro atoms. The molecule has 0 amide bonds. The first-order chi connectivity index (χ1) is 8.40. The van der Waals surface area contributed by atoms with Gasteiger partial charge < -0.3 is 4.74 Å². The SMILES string of the molecule is COc1ccc(S(=O)(=O)CC(CBr)C(C)C)cc1. The van der Waals surface area contributed by atoms with Crippen LogP contribution in [-0.4, -0.2) is 26.6 Å². The first-order valence-electron chi connectivity index (χ1n) is 5.83. The van der Waals surface area contributed by atoms with E-state index >= 15 is 0 Å². The van der Waals surface area contributed by atoms with Crippen LogP contribution in [0.15, 0.2) is 29.2 Å². The summed E-state index contributed by atoms with van der Waals surface area (Å²) in [6, 6.07) is 6.54. The Labute approximate surface area is 118 Å². The number of rotatable bonds is 6. The highest BCUT2D eigenvalue weighted by Crippen LogP contribution is 2.22. The predicted molar refractivity (Wildman–Crippen MR) is 77.2 cm³/mol. The van der Waals surface area contributed by atoms with Crippen LogP contribution in [0.1, 0.15) is 13.8 Å². The van der Waals surface area contributed by atoms with Gasteiger partial charge in [0.1, 0.15) is 5.75 Å². The first-order valence-corrected chi connectivity index (χ1v) is 8.61. The van der Waals surface area contributed by atoms with Gasteiger partial charge in [-0.3, -0.25) is 0 Å². The quantitative estimate of drug-likeness (QED) is 0.750. The minimum Gasteiger partial charge on any atom is -0.497 e. The van der Waals surface area contributed by atoms with Crippen molar-refractivity contribution in [3.05, 3.63) is 24.3 Å². The molecule has 0 aromatic heterocycles. The molecule has 0 bridgehead atoms. The zero-order valence-electron chi connectivity index (χ0n) is 10.9. The van der Waals surface area contributed by atoms with E-state index in [1.165, 1.54) is 0 Å². The van der Waals surface area contributed by atoms with Gasteiger partial charge in [-0.1, -0.05) is 29.8 Å².